The maximum absolute atomic E-state index is 10.9. The highest BCUT2D eigenvalue weighted by Gasteiger charge is 1.98. The number of hydrogen-bond donors (Lipinski definition) is 3. The van der Waals surface area contributed by atoms with Gasteiger partial charge in [-0.1, -0.05) is 11.8 Å². The average Bonchev–Trinajstić information content (AvgIpc) is 2.03. The zero-order valence-electron chi connectivity index (χ0n) is 7.33. The summed E-state index contributed by atoms with van der Waals surface area (Å²) in [5, 5.41) is 3.56. The number of nitrogens with zero attached hydrogens (tertiary/aromatic N) is 1. The van der Waals surface area contributed by atoms with E-state index in [0.29, 0.717) is 5.16 Å². The van der Waals surface area contributed by atoms with E-state index in [1.54, 1.807) is 0 Å². The van der Waals surface area contributed by atoms with Crippen molar-refractivity contribution in [2.24, 2.45) is 0 Å². The van der Waals surface area contributed by atoms with Gasteiger partial charge in [0.15, 0.2) is 5.16 Å². The molecule has 0 saturated heterocycles. The van der Waals surface area contributed by atoms with Gasteiger partial charge in [0, 0.05) is 18.4 Å². The van der Waals surface area contributed by atoms with Gasteiger partial charge >= 0.3 is 0 Å². The lowest BCUT2D eigenvalue weighted by atomic mass is 10.6. The van der Waals surface area contributed by atoms with Crippen LogP contribution in [0.3, 0.4) is 0 Å². The Morgan fingerprint density at radius 3 is 3.15 bits per heavy atom. The van der Waals surface area contributed by atoms with E-state index in [0.717, 1.165) is 12.3 Å². The summed E-state index contributed by atoms with van der Waals surface area (Å²) in [6.45, 7) is 0.864. The first-order valence-electron chi connectivity index (χ1n) is 3.86. The summed E-state index contributed by atoms with van der Waals surface area (Å²) in [6.07, 6.45) is 0. The van der Waals surface area contributed by atoms with Gasteiger partial charge in [-0.25, -0.2) is 4.98 Å². The highest BCUT2D eigenvalue weighted by molar-refractivity contribution is 7.99. The first-order valence-corrected chi connectivity index (χ1v) is 4.85. The van der Waals surface area contributed by atoms with Gasteiger partial charge in [0.05, 0.1) is 0 Å². The Labute approximate surface area is 80.1 Å². The molecular formula is C7H12N4OS. The molecule has 0 fully saturated rings. The summed E-state index contributed by atoms with van der Waals surface area (Å²) < 4.78 is 0. The zero-order valence-corrected chi connectivity index (χ0v) is 8.15. The zero-order chi connectivity index (χ0) is 9.68. The molecule has 1 heterocycles. The van der Waals surface area contributed by atoms with Gasteiger partial charge in [-0.2, -0.15) is 0 Å². The highest BCUT2D eigenvalue weighted by atomic mass is 32.2. The Hall–Kier alpha value is -1.01. The first kappa shape index (κ1) is 10.1. The van der Waals surface area contributed by atoms with E-state index in [2.05, 4.69) is 15.3 Å². The number of aromatic amines is 1. The molecule has 4 N–H and O–H groups in total. The summed E-state index contributed by atoms with van der Waals surface area (Å²) in [7, 11) is 1.87. The lowest BCUT2D eigenvalue weighted by molar-refractivity contribution is 0.866. The van der Waals surface area contributed by atoms with Gasteiger partial charge in [0.25, 0.3) is 5.56 Å². The molecule has 0 aromatic carbocycles. The van der Waals surface area contributed by atoms with Gasteiger partial charge in [-0.15, -0.1) is 0 Å². The topological polar surface area (TPSA) is 83.8 Å². The number of nitrogens with two attached hydrogens (primary N) is 1. The molecular weight excluding hydrogens is 188 g/mol. The van der Waals surface area contributed by atoms with Crippen molar-refractivity contribution in [3.05, 3.63) is 16.4 Å². The molecule has 72 valence electrons. The molecule has 1 aromatic heterocycles. The monoisotopic (exact) mass is 200 g/mol. The van der Waals surface area contributed by atoms with Crippen LogP contribution in [0.1, 0.15) is 0 Å². The number of nitrogens with one attached hydrogen (secondary N) is 2. The number of aromatic nitrogens is 2. The minimum absolute atomic E-state index is 0.209. The van der Waals surface area contributed by atoms with E-state index < -0.39 is 0 Å². The van der Waals surface area contributed by atoms with Gasteiger partial charge < -0.3 is 16.0 Å². The lowest BCUT2D eigenvalue weighted by Crippen LogP contribution is -2.12. The molecule has 0 aliphatic heterocycles. The minimum Gasteiger partial charge on any atom is -0.383 e. The van der Waals surface area contributed by atoms with Crippen LogP contribution in [0.4, 0.5) is 5.82 Å². The third-order valence-corrected chi connectivity index (χ3v) is 2.21. The van der Waals surface area contributed by atoms with E-state index in [-0.39, 0.29) is 11.4 Å². The molecule has 0 atom stereocenters. The predicted molar refractivity (Wildman–Crippen MR) is 53.9 cm³/mol. The summed E-state index contributed by atoms with van der Waals surface area (Å²) >= 11 is 1.46. The standard InChI is InChI=1S/C7H12N4OS/c1-9-2-3-13-7-10-5(8)4-6(12)11-7/h4,9H,2-3H2,1H3,(H3,8,10,11,12). The van der Waals surface area contributed by atoms with Crippen LogP contribution in [0, 0.1) is 0 Å². The van der Waals surface area contributed by atoms with Crippen LogP contribution in [0.15, 0.2) is 16.0 Å². The highest BCUT2D eigenvalue weighted by Crippen LogP contribution is 2.10. The Balaban J connectivity index is 2.61. The first-order chi connectivity index (χ1) is 6.22. The number of H-pyrrole nitrogens is 1. The van der Waals surface area contributed by atoms with Crippen molar-refractivity contribution in [3.63, 3.8) is 0 Å². The molecule has 13 heavy (non-hydrogen) atoms. The molecule has 5 nitrogen and oxygen atoms in total. The van der Waals surface area contributed by atoms with E-state index >= 15 is 0 Å². The molecule has 1 aromatic rings. The normalized spacial score (nSPS) is 10.2. The van der Waals surface area contributed by atoms with E-state index in [4.69, 9.17) is 5.73 Å². The number of nitrogen functional groups attached to an aromatic ring is 1. The van der Waals surface area contributed by atoms with Crippen LogP contribution in [-0.2, 0) is 0 Å². The van der Waals surface area contributed by atoms with Crippen molar-refractivity contribution in [1.29, 1.82) is 0 Å². The molecule has 0 spiro atoms. The fourth-order valence-corrected chi connectivity index (χ4v) is 1.61. The van der Waals surface area contributed by atoms with Crippen molar-refractivity contribution in [1.82, 2.24) is 15.3 Å². The third kappa shape index (κ3) is 3.47. The minimum atomic E-state index is -0.209. The van der Waals surface area contributed by atoms with Crippen molar-refractivity contribution >= 4 is 17.6 Å². The molecule has 0 aliphatic carbocycles. The van der Waals surface area contributed by atoms with Crippen molar-refractivity contribution in [2.45, 2.75) is 5.16 Å². The van der Waals surface area contributed by atoms with Crippen molar-refractivity contribution in [2.75, 3.05) is 25.1 Å². The van der Waals surface area contributed by atoms with Crippen LogP contribution in [0.25, 0.3) is 0 Å². The van der Waals surface area contributed by atoms with Crippen LogP contribution < -0.4 is 16.6 Å². The van der Waals surface area contributed by atoms with Crippen LogP contribution in [0.2, 0.25) is 0 Å². The Morgan fingerprint density at radius 1 is 1.77 bits per heavy atom. The summed E-state index contributed by atoms with van der Waals surface area (Å²) in [5.74, 6) is 1.11. The fraction of sp³-hybridized carbons (Fsp3) is 0.429. The van der Waals surface area contributed by atoms with Crippen molar-refractivity contribution < 1.29 is 0 Å². The number of hydrogen-bond acceptors (Lipinski definition) is 5. The number of anilines is 1. The summed E-state index contributed by atoms with van der Waals surface area (Å²) in [4.78, 5) is 17.5. The molecule has 6 heteroatoms. The van der Waals surface area contributed by atoms with Gasteiger partial charge in [0.2, 0.25) is 0 Å². The maximum atomic E-state index is 10.9. The Kier molecular flexibility index (Phi) is 3.78. The molecule has 1 rings (SSSR count). The SMILES string of the molecule is CNCCSc1nc(N)cc(=O)[nH]1. The van der Waals surface area contributed by atoms with Crippen LogP contribution in [-0.4, -0.2) is 29.3 Å². The second kappa shape index (κ2) is 4.88. The number of rotatable bonds is 4. The summed E-state index contributed by atoms with van der Waals surface area (Å²) in [5.41, 5.74) is 5.19. The predicted octanol–water partition coefficient (Wildman–Crippen LogP) is -0.336. The second-order valence-electron chi connectivity index (χ2n) is 2.43. The Morgan fingerprint density at radius 2 is 2.54 bits per heavy atom. The smallest absolute Gasteiger partial charge is 0.253 e. The number of thioether (sulfide) groups is 1. The van der Waals surface area contributed by atoms with Crippen LogP contribution >= 0.6 is 11.8 Å². The van der Waals surface area contributed by atoms with Crippen molar-refractivity contribution in [3.8, 4) is 0 Å². The fourth-order valence-electron chi connectivity index (χ4n) is 0.771. The van der Waals surface area contributed by atoms with E-state index in [9.17, 15) is 4.79 Å². The van der Waals surface area contributed by atoms with E-state index in [1.165, 1.54) is 17.8 Å². The molecule has 0 unspecified atom stereocenters. The quantitative estimate of drug-likeness (QED) is 0.352. The van der Waals surface area contributed by atoms with Gasteiger partial charge in [0.1, 0.15) is 5.82 Å². The molecule has 0 radical (unpaired) electrons. The van der Waals surface area contributed by atoms with Gasteiger partial charge in [-0.3, -0.25) is 4.79 Å². The van der Waals surface area contributed by atoms with Crippen LogP contribution in [0.5, 0.6) is 0 Å². The molecule has 0 bridgehead atoms. The maximum Gasteiger partial charge on any atom is 0.253 e. The lowest BCUT2D eigenvalue weighted by Gasteiger charge is -2.00. The second-order valence-corrected chi connectivity index (χ2v) is 3.51. The van der Waals surface area contributed by atoms with Gasteiger partial charge in [-0.05, 0) is 7.05 Å². The van der Waals surface area contributed by atoms with E-state index in [1.807, 2.05) is 7.05 Å². The molecule has 0 aliphatic rings. The molecule has 0 amide bonds. The Bertz CT molecular complexity index is 325. The largest absolute Gasteiger partial charge is 0.383 e. The molecule has 0 saturated carbocycles. The third-order valence-electron chi connectivity index (χ3n) is 1.33. The average molecular weight is 200 g/mol. The summed E-state index contributed by atoms with van der Waals surface area (Å²) in [6, 6.07) is 1.27.